The van der Waals surface area contributed by atoms with E-state index in [0.29, 0.717) is 11.6 Å². The summed E-state index contributed by atoms with van der Waals surface area (Å²) in [5.74, 6) is 1.10. The van der Waals surface area contributed by atoms with Crippen molar-refractivity contribution < 1.29 is 0 Å². The van der Waals surface area contributed by atoms with E-state index in [1.165, 1.54) is 0 Å². The lowest BCUT2D eigenvalue weighted by Gasteiger charge is -2.07. The van der Waals surface area contributed by atoms with Gasteiger partial charge < -0.3 is 5.73 Å². The molecular formula is C13H16N4. The smallest absolute Gasteiger partial charge is 0.180 e. The Bertz CT molecular complexity index is 549. The molecule has 4 heteroatoms. The third-order valence-corrected chi connectivity index (χ3v) is 2.59. The highest BCUT2D eigenvalue weighted by atomic mass is 15.0. The molecule has 2 rings (SSSR count). The molecule has 2 heterocycles. The summed E-state index contributed by atoms with van der Waals surface area (Å²) in [6.45, 7) is 6.07. The van der Waals surface area contributed by atoms with Gasteiger partial charge in [-0.15, -0.1) is 0 Å². The molecule has 0 radical (unpaired) electrons. The second kappa shape index (κ2) is 4.49. The molecule has 88 valence electrons. The molecule has 2 aromatic rings. The van der Waals surface area contributed by atoms with Crippen LogP contribution in [0, 0.1) is 13.8 Å². The Morgan fingerprint density at radius 2 is 1.94 bits per heavy atom. The fourth-order valence-corrected chi connectivity index (χ4v) is 1.75. The molecule has 0 amide bonds. The van der Waals surface area contributed by atoms with Gasteiger partial charge in [-0.2, -0.15) is 0 Å². The molecule has 0 aliphatic carbocycles. The van der Waals surface area contributed by atoms with Crippen LogP contribution in [0.15, 0.2) is 18.3 Å². The molecule has 0 fully saturated rings. The number of aryl methyl sites for hydroxylation is 3. The Kier molecular flexibility index (Phi) is 3.04. The van der Waals surface area contributed by atoms with E-state index in [4.69, 9.17) is 5.73 Å². The highest BCUT2D eigenvalue weighted by Gasteiger charge is 2.09. The summed E-state index contributed by atoms with van der Waals surface area (Å²) in [6.07, 6.45) is 2.66. The summed E-state index contributed by atoms with van der Waals surface area (Å²) in [5, 5.41) is 0. The van der Waals surface area contributed by atoms with Gasteiger partial charge in [-0.3, -0.25) is 4.98 Å². The van der Waals surface area contributed by atoms with Crippen molar-refractivity contribution in [3.63, 3.8) is 0 Å². The van der Waals surface area contributed by atoms with E-state index in [1.54, 1.807) is 6.07 Å². The minimum absolute atomic E-state index is 0.494. The van der Waals surface area contributed by atoms with Crippen molar-refractivity contribution >= 4 is 5.82 Å². The molecule has 0 atom stereocenters. The average Bonchev–Trinajstić information content (AvgIpc) is 2.28. The monoisotopic (exact) mass is 228 g/mol. The van der Waals surface area contributed by atoms with Gasteiger partial charge in [0.1, 0.15) is 11.5 Å². The van der Waals surface area contributed by atoms with Crippen molar-refractivity contribution in [1.82, 2.24) is 15.0 Å². The highest BCUT2D eigenvalue weighted by molar-refractivity contribution is 5.56. The van der Waals surface area contributed by atoms with E-state index in [-0.39, 0.29) is 0 Å². The lowest BCUT2D eigenvalue weighted by atomic mass is 10.1. The van der Waals surface area contributed by atoms with Crippen molar-refractivity contribution in [2.75, 3.05) is 5.73 Å². The van der Waals surface area contributed by atoms with Gasteiger partial charge in [0.25, 0.3) is 0 Å². The number of hydrogen-bond acceptors (Lipinski definition) is 4. The van der Waals surface area contributed by atoms with Crippen LogP contribution in [0.3, 0.4) is 0 Å². The third kappa shape index (κ3) is 2.41. The number of nitrogens with two attached hydrogens (primary N) is 1. The Morgan fingerprint density at radius 1 is 1.18 bits per heavy atom. The van der Waals surface area contributed by atoms with Crippen LogP contribution in [-0.4, -0.2) is 15.0 Å². The normalized spacial score (nSPS) is 10.5. The van der Waals surface area contributed by atoms with Crippen LogP contribution in [0.4, 0.5) is 5.82 Å². The van der Waals surface area contributed by atoms with Crippen molar-refractivity contribution in [1.29, 1.82) is 0 Å². The third-order valence-electron chi connectivity index (χ3n) is 2.59. The van der Waals surface area contributed by atoms with Crippen molar-refractivity contribution in [2.45, 2.75) is 27.2 Å². The summed E-state index contributed by atoms with van der Waals surface area (Å²) in [7, 11) is 0. The van der Waals surface area contributed by atoms with Crippen LogP contribution < -0.4 is 5.73 Å². The molecule has 0 unspecified atom stereocenters. The molecular weight excluding hydrogens is 212 g/mol. The number of aromatic nitrogens is 3. The van der Waals surface area contributed by atoms with Crippen LogP contribution in [-0.2, 0) is 6.42 Å². The van der Waals surface area contributed by atoms with Gasteiger partial charge in [0.05, 0.1) is 0 Å². The number of anilines is 1. The molecule has 4 nitrogen and oxygen atoms in total. The zero-order valence-electron chi connectivity index (χ0n) is 10.4. The van der Waals surface area contributed by atoms with Gasteiger partial charge in [0.15, 0.2) is 5.82 Å². The summed E-state index contributed by atoms with van der Waals surface area (Å²) >= 11 is 0. The minimum Gasteiger partial charge on any atom is -0.384 e. The summed E-state index contributed by atoms with van der Waals surface area (Å²) in [6, 6.07) is 3.87. The predicted molar refractivity (Wildman–Crippen MR) is 68.5 cm³/mol. The number of nitrogens with zero attached hydrogens (tertiary/aromatic N) is 3. The summed E-state index contributed by atoms with van der Waals surface area (Å²) in [4.78, 5) is 13.1. The Balaban J connectivity index is 2.55. The molecule has 0 aliphatic rings. The van der Waals surface area contributed by atoms with E-state index >= 15 is 0 Å². The molecule has 0 aliphatic heterocycles. The van der Waals surface area contributed by atoms with Crippen LogP contribution in [0.1, 0.15) is 23.7 Å². The molecule has 2 N–H and O–H groups in total. The van der Waals surface area contributed by atoms with Crippen molar-refractivity contribution in [3.8, 4) is 11.5 Å². The first kappa shape index (κ1) is 11.5. The molecule has 0 saturated carbocycles. The predicted octanol–water partition coefficient (Wildman–Crippen LogP) is 2.30. The first-order chi connectivity index (χ1) is 8.10. The van der Waals surface area contributed by atoms with Crippen LogP contribution in [0.5, 0.6) is 0 Å². The standard InChI is InChI=1S/C13H16N4/c1-4-10-6-11(14)17-13(16-10)12-9(3)5-8(2)7-15-12/h5-7H,4H2,1-3H3,(H2,14,16,17). The van der Waals surface area contributed by atoms with Crippen LogP contribution in [0.25, 0.3) is 11.5 Å². The molecule has 0 aromatic carbocycles. The van der Waals surface area contributed by atoms with Gasteiger partial charge in [0.2, 0.25) is 0 Å². The molecule has 0 saturated heterocycles. The number of rotatable bonds is 2. The van der Waals surface area contributed by atoms with E-state index in [2.05, 4.69) is 21.0 Å². The SMILES string of the molecule is CCc1cc(N)nc(-c2ncc(C)cc2C)n1. The van der Waals surface area contributed by atoms with Gasteiger partial charge in [-0.1, -0.05) is 13.0 Å². The number of nitrogen functional groups attached to an aromatic ring is 1. The van der Waals surface area contributed by atoms with E-state index in [1.807, 2.05) is 27.0 Å². The molecule has 0 bridgehead atoms. The average molecular weight is 228 g/mol. The second-order valence-corrected chi connectivity index (χ2v) is 4.14. The number of hydrogen-bond donors (Lipinski definition) is 1. The van der Waals surface area contributed by atoms with Gasteiger partial charge >= 0.3 is 0 Å². The second-order valence-electron chi connectivity index (χ2n) is 4.14. The first-order valence-corrected chi connectivity index (χ1v) is 5.67. The van der Waals surface area contributed by atoms with Crippen molar-refractivity contribution in [2.24, 2.45) is 0 Å². The molecule has 17 heavy (non-hydrogen) atoms. The molecule has 0 spiro atoms. The van der Waals surface area contributed by atoms with Crippen LogP contribution in [0.2, 0.25) is 0 Å². The Labute approximate surface area is 101 Å². The quantitative estimate of drug-likeness (QED) is 0.856. The maximum atomic E-state index is 5.77. The lowest BCUT2D eigenvalue weighted by Crippen LogP contribution is -2.02. The summed E-state index contributed by atoms with van der Waals surface area (Å²) in [5.41, 5.74) is 9.71. The van der Waals surface area contributed by atoms with Gasteiger partial charge in [-0.05, 0) is 31.4 Å². The van der Waals surface area contributed by atoms with Crippen LogP contribution >= 0.6 is 0 Å². The highest BCUT2D eigenvalue weighted by Crippen LogP contribution is 2.19. The zero-order valence-corrected chi connectivity index (χ0v) is 10.4. The zero-order chi connectivity index (χ0) is 12.4. The van der Waals surface area contributed by atoms with E-state index < -0.39 is 0 Å². The Morgan fingerprint density at radius 3 is 2.59 bits per heavy atom. The Hall–Kier alpha value is -1.97. The fourth-order valence-electron chi connectivity index (χ4n) is 1.75. The topological polar surface area (TPSA) is 64.7 Å². The van der Waals surface area contributed by atoms with Gasteiger partial charge in [0, 0.05) is 18.0 Å². The number of pyridine rings is 1. The maximum absolute atomic E-state index is 5.77. The van der Waals surface area contributed by atoms with E-state index in [0.717, 1.165) is 28.9 Å². The van der Waals surface area contributed by atoms with Crippen molar-refractivity contribution in [3.05, 3.63) is 35.2 Å². The minimum atomic E-state index is 0.494. The largest absolute Gasteiger partial charge is 0.384 e. The van der Waals surface area contributed by atoms with E-state index in [9.17, 15) is 0 Å². The molecule has 2 aromatic heterocycles. The lowest BCUT2D eigenvalue weighted by molar-refractivity contribution is 0.998. The summed E-state index contributed by atoms with van der Waals surface area (Å²) < 4.78 is 0. The maximum Gasteiger partial charge on any atom is 0.180 e. The first-order valence-electron chi connectivity index (χ1n) is 5.67. The van der Waals surface area contributed by atoms with Gasteiger partial charge in [-0.25, -0.2) is 9.97 Å². The fraction of sp³-hybridized carbons (Fsp3) is 0.308.